The molecule has 0 bridgehead atoms. The maximum atomic E-state index is 10.7. The first kappa shape index (κ1) is 18.3. The normalized spacial score (nSPS) is 10.3. The van der Waals surface area contributed by atoms with Gasteiger partial charge in [0.2, 0.25) is 0 Å². The van der Waals surface area contributed by atoms with Crippen LogP contribution in [0.4, 0.5) is 0 Å². The molecule has 1 aromatic carbocycles. The van der Waals surface area contributed by atoms with E-state index in [9.17, 15) is 14.2 Å². The van der Waals surface area contributed by atoms with Gasteiger partial charge in [-0.1, -0.05) is 0 Å². The predicted molar refractivity (Wildman–Crippen MR) is 69.0 cm³/mol. The average Bonchev–Trinajstić information content (AvgIpc) is 2.47. The number of carboxylic acids is 2. The van der Waals surface area contributed by atoms with Gasteiger partial charge in [0.1, 0.15) is 0 Å². The second-order valence-electron chi connectivity index (χ2n) is 3.18. The standard InChI is InChI=1S/C8H6O4.C3H9O4P/c9-7(10)5-1-2-6(4-3-5)8(11)12;1-5-8(4,6-2)7-3/h1-4H,(H,9,10)(H,11,12);1-3H3. The lowest BCUT2D eigenvalue weighted by molar-refractivity contribution is 0.0681. The summed E-state index contributed by atoms with van der Waals surface area (Å²) in [4.78, 5) is 20.7. The summed E-state index contributed by atoms with van der Waals surface area (Å²) in [5, 5.41) is 16.9. The minimum absolute atomic E-state index is 0.0833. The van der Waals surface area contributed by atoms with Crippen LogP contribution in [0.3, 0.4) is 0 Å². The van der Waals surface area contributed by atoms with E-state index in [1.54, 1.807) is 0 Å². The number of carboxylic acid groups (broad SMARTS) is 2. The highest BCUT2D eigenvalue weighted by molar-refractivity contribution is 7.48. The van der Waals surface area contributed by atoms with E-state index in [0.29, 0.717) is 0 Å². The van der Waals surface area contributed by atoms with Crippen molar-refractivity contribution in [1.82, 2.24) is 0 Å². The van der Waals surface area contributed by atoms with Crippen molar-refractivity contribution in [2.45, 2.75) is 0 Å². The molecule has 0 aliphatic carbocycles. The summed E-state index contributed by atoms with van der Waals surface area (Å²) in [5.41, 5.74) is 0.167. The van der Waals surface area contributed by atoms with Crippen LogP contribution in [0.15, 0.2) is 24.3 Å². The van der Waals surface area contributed by atoms with Crippen LogP contribution >= 0.6 is 7.82 Å². The van der Waals surface area contributed by atoms with Crippen molar-refractivity contribution in [1.29, 1.82) is 0 Å². The van der Waals surface area contributed by atoms with Crippen LogP contribution in [0.5, 0.6) is 0 Å². The van der Waals surface area contributed by atoms with Crippen LogP contribution in [0.1, 0.15) is 20.7 Å². The first-order chi connectivity index (χ1) is 9.29. The molecule has 0 aliphatic heterocycles. The Hall–Kier alpha value is -1.73. The molecule has 9 heteroatoms. The van der Waals surface area contributed by atoms with E-state index in [1.807, 2.05) is 0 Å². The molecule has 1 aromatic rings. The third kappa shape index (κ3) is 5.94. The lowest BCUT2D eigenvalue weighted by Crippen LogP contribution is -1.99. The van der Waals surface area contributed by atoms with Crippen LogP contribution in [0.25, 0.3) is 0 Å². The van der Waals surface area contributed by atoms with Gasteiger partial charge in [-0.25, -0.2) is 14.2 Å². The van der Waals surface area contributed by atoms with Crippen molar-refractivity contribution >= 4 is 19.8 Å². The molecule has 0 fully saturated rings. The SMILES string of the molecule is COP(=O)(OC)OC.O=C(O)c1ccc(C(=O)O)cc1. The molecule has 20 heavy (non-hydrogen) atoms. The van der Waals surface area contributed by atoms with Gasteiger partial charge < -0.3 is 10.2 Å². The molecule has 0 saturated carbocycles. The molecule has 0 unspecified atom stereocenters. The minimum Gasteiger partial charge on any atom is -0.478 e. The zero-order valence-electron chi connectivity index (χ0n) is 11.1. The Balaban J connectivity index is 0.000000396. The third-order valence-electron chi connectivity index (χ3n) is 2.05. The smallest absolute Gasteiger partial charge is 0.473 e. The van der Waals surface area contributed by atoms with E-state index in [4.69, 9.17) is 10.2 Å². The number of phosphoric acid groups is 1. The number of aromatic carboxylic acids is 2. The Morgan fingerprint density at radius 1 is 0.850 bits per heavy atom. The van der Waals surface area contributed by atoms with E-state index in [1.165, 1.54) is 45.6 Å². The van der Waals surface area contributed by atoms with Crippen LogP contribution < -0.4 is 0 Å². The Labute approximate surface area is 115 Å². The van der Waals surface area contributed by atoms with Crippen LogP contribution in [-0.4, -0.2) is 43.5 Å². The van der Waals surface area contributed by atoms with Gasteiger partial charge in [0.15, 0.2) is 0 Å². The molecule has 0 spiro atoms. The Morgan fingerprint density at radius 2 is 1.10 bits per heavy atom. The van der Waals surface area contributed by atoms with Gasteiger partial charge in [0.25, 0.3) is 0 Å². The van der Waals surface area contributed by atoms with Gasteiger partial charge >= 0.3 is 19.8 Å². The quantitative estimate of drug-likeness (QED) is 0.794. The van der Waals surface area contributed by atoms with Gasteiger partial charge in [-0.15, -0.1) is 0 Å². The number of phosphoric ester groups is 1. The molecular formula is C11H15O8P. The van der Waals surface area contributed by atoms with E-state index in [-0.39, 0.29) is 11.1 Å². The lowest BCUT2D eigenvalue weighted by Gasteiger charge is -2.08. The Bertz CT molecular complexity index is 444. The van der Waals surface area contributed by atoms with Crippen LogP contribution in [0.2, 0.25) is 0 Å². The first-order valence-corrected chi connectivity index (χ1v) is 6.59. The summed E-state index contributed by atoms with van der Waals surface area (Å²) in [6.45, 7) is 0. The minimum atomic E-state index is -3.16. The lowest BCUT2D eigenvalue weighted by atomic mass is 10.1. The second-order valence-corrected chi connectivity index (χ2v) is 5.17. The summed E-state index contributed by atoms with van der Waals surface area (Å²) < 4.78 is 23.7. The summed E-state index contributed by atoms with van der Waals surface area (Å²) in [7, 11) is 0.611. The van der Waals surface area contributed by atoms with Gasteiger partial charge in [0, 0.05) is 21.3 Å². The molecule has 0 radical (unpaired) electrons. The highest BCUT2D eigenvalue weighted by Gasteiger charge is 2.18. The third-order valence-corrected chi connectivity index (χ3v) is 3.39. The predicted octanol–water partition coefficient (Wildman–Crippen LogP) is 2.12. The second kappa shape index (κ2) is 8.44. The molecule has 8 nitrogen and oxygen atoms in total. The molecule has 0 amide bonds. The Kier molecular flexibility index (Phi) is 7.71. The largest absolute Gasteiger partial charge is 0.478 e. The number of benzene rings is 1. The van der Waals surface area contributed by atoms with Gasteiger partial charge in [-0.05, 0) is 24.3 Å². The zero-order chi connectivity index (χ0) is 15.8. The van der Waals surface area contributed by atoms with Gasteiger partial charge in [0.05, 0.1) is 11.1 Å². The van der Waals surface area contributed by atoms with Crippen molar-refractivity contribution < 1.29 is 37.9 Å². The topological polar surface area (TPSA) is 119 Å². The molecule has 112 valence electrons. The monoisotopic (exact) mass is 306 g/mol. The van der Waals surface area contributed by atoms with Crippen molar-refractivity contribution in [2.75, 3.05) is 21.3 Å². The highest BCUT2D eigenvalue weighted by Crippen LogP contribution is 2.46. The maximum absolute atomic E-state index is 10.7. The fourth-order valence-corrected chi connectivity index (χ4v) is 1.43. The molecule has 0 aliphatic rings. The van der Waals surface area contributed by atoms with Gasteiger partial charge in [-0.3, -0.25) is 13.6 Å². The first-order valence-electron chi connectivity index (χ1n) is 5.13. The average molecular weight is 306 g/mol. The van der Waals surface area contributed by atoms with Crippen molar-refractivity contribution in [3.8, 4) is 0 Å². The molecule has 0 aromatic heterocycles. The number of rotatable bonds is 5. The van der Waals surface area contributed by atoms with E-state index in [2.05, 4.69) is 13.6 Å². The zero-order valence-corrected chi connectivity index (χ0v) is 12.0. The number of carbonyl (C=O) groups is 2. The molecule has 0 heterocycles. The maximum Gasteiger partial charge on any atom is 0.473 e. The molecule has 0 atom stereocenters. The van der Waals surface area contributed by atoms with Crippen molar-refractivity contribution in [3.05, 3.63) is 35.4 Å². The van der Waals surface area contributed by atoms with Gasteiger partial charge in [-0.2, -0.15) is 0 Å². The van der Waals surface area contributed by atoms with E-state index >= 15 is 0 Å². The summed E-state index contributed by atoms with van der Waals surface area (Å²) in [6.07, 6.45) is 0. The molecular weight excluding hydrogens is 291 g/mol. The Morgan fingerprint density at radius 3 is 1.20 bits per heavy atom. The fraction of sp³-hybridized carbons (Fsp3) is 0.273. The molecule has 1 rings (SSSR count). The summed E-state index contributed by atoms with van der Waals surface area (Å²) in [6, 6.07) is 5.02. The van der Waals surface area contributed by atoms with Crippen LogP contribution in [-0.2, 0) is 18.1 Å². The number of hydrogen-bond acceptors (Lipinski definition) is 6. The summed E-state index contributed by atoms with van der Waals surface area (Å²) >= 11 is 0. The van der Waals surface area contributed by atoms with Crippen molar-refractivity contribution in [2.24, 2.45) is 0 Å². The summed E-state index contributed by atoms with van der Waals surface area (Å²) in [5.74, 6) is -2.13. The van der Waals surface area contributed by atoms with E-state index in [0.717, 1.165) is 0 Å². The van der Waals surface area contributed by atoms with E-state index < -0.39 is 19.8 Å². The molecule has 2 N–H and O–H groups in total. The fourth-order valence-electron chi connectivity index (χ4n) is 0.979. The highest BCUT2D eigenvalue weighted by atomic mass is 31.2. The van der Waals surface area contributed by atoms with Crippen molar-refractivity contribution in [3.63, 3.8) is 0 Å². The molecule has 0 saturated heterocycles. The van der Waals surface area contributed by atoms with Crippen LogP contribution in [0, 0.1) is 0 Å². The number of hydrogen-bond donors (Lipinski definition) is 2.